The fraction of sp³-hybridized carbons (Fsp3) is 0.182. The van der Waals surface area contributed by atoms with Crippen LogP contribution in [0.1, 0.15) is 28.4 Å². The molecule has 0 radical (unpaired) electrons. The van der Waals surface area contributed by atoms with Crippen LogP contribution in [-0.4, -0.2) is 5.97 Å². The van der Waals surface area contributed by atoms with Crippen molar-refractivity contribution in [3.63, 3.8) is 0 Å². The summed E-state index contributed by atoms with van der Waals surface area (Å²) in [5, 5.41) is 10.7. The van der Waals surface area contributed by atoms with Gasteiger partial charge in [0.15, 0.2) is 0 Å². The Morgan fingerprint density at radius 3 is 2.57 bits per heavy atom. The summed E-state index contributed by atoms with van der Waals surface area (Å²) in [5.74, 6) is -1.13. The van der Waals surface area contributed by atoms with E-state index in [1.165, 1.54) is 0 Å². The Bertz CT molecular complexity index is 356. The predicted molar refractivity (Wildman–Crippen MR) is 50.2 cm³/mol. The number of carboxylic acid groups (broad SMARTS) is 1. The number of hydrogen-bond acceptors (Lipinski definition) is 2. The standard InChI is InChI=1S/C11H12O2.Li/c1-3-4-9-6-5-8(2)7-10(9)11(12)13;/h3-7H,1-2H3,(H,12,13);/q;+1/p-1. The average molecular weight is 182 g/mol. The van der Waals surface area contributed by atoms with Gasteiger partial charge in [-0.15, -0.1) is 0 Å². The molecule has 0 amide bonds. The van der Waals surface area contributed by atoms with Crippen LogP contribution in [0.4, 0.5) is 0 Å². The zero-order chi connectivity index (χ0) is 9.84. The maximum Gasteiger partial charge on any atom is 1.00 e. The second-order valence-electron chi connectivity index (χ2n) is 2.88. The van der Waals surface area contributed by atoms with Gasteiger partial charge < -0.3 is 9.90 Å². The molecular formula is C11H11LiO2. The smallest absolute Gasteiger partial charge is 0.545 e. The third kappa shape index (κ3) is 3.06. The summed E-state index contributed by atoms with van der Waals surface area (Å²) >= 11 is 0. The Hall–Kier alpha value is -0.973. The van der Waals surface area contributed by atoms with E-state index in [0.717, 1.165) is 5.56 Å². The van der Waals surface area contributed by atoms with Crippen molar-refractivity contribution in [2.24, 2.45) is 0 Å². The van der Waals surface area contributed by atoms with Crippen LogP contribution in [0.3, 0.4) is 0 Å². The molecule has 0 saturated heterocycles. The summed E-state index contributed by atoms with van der Waals surface area (Å²) < 4.78 is 0. The molecule has 2 nitrogen and oxygen atoms in total. The fourth-order valence-corrected chi connectivity index (χ4v) is 1.17. The second kappa shape index (κ2) is 5.69. The summed E-state index contributed by atoms with van der Waals surface area (Å²) in [5.41, 5.74) is 1.86. The van der Waals surface area contributed by atoms with Crippen molar-refractivity contribution >= 4 is 12.0 Å². The molecule has 0 aliphatic carbocycles. The molecule has 1 aromatic carbocycles. The number of rotatable bonds is 2. The van der Waals surface area contributed by atoms with Gasteiger partial charge in [0, 0.05) is 5.56 Å². The largest absolute Gasteiger partial charge is 1.00 e. The summed E-state index contributed by atoms with van der Waals surface area (Å²) in [4.78, 5) is 10.7. The van der Waals surface area contributed by atoms with Crippen molar-refractivity contribution in [2.45, 2.75) is 13.8 Å². The number of aryl methyl sites for hydroxylation is 1. The molecule has 1 rings (SSSR count). The first-order chi connectivity index (χ1) is 6.15. The van der Waals surface area contributed by atoms with E-state index in [2.05, 4.69) is 0 Å². The molecular weight excluding hydrogens is 171 g/mol. The minimum Gasteiger partial charge on any atom is -0.545 e. The molecule has 0 spiro atoms. The van der Waals surface area contributed by atoms with Crippen molar-refractivity contribution in [1.82, 2.24) is 0 Å². The van der Waals surface area contributed by atoms with Gasteiger partial charge in [0.05, 0.1) is 5.97 Å². The first-order valence-corrected chi connectivity index (χ1v) is 4.10. The molecule has 1 aromatic rings. The third-order valence-corrected chi connectivity index (χ3v) is 1.77. The van der Waals surface area contributed by atoms with Crippen LogP contribution in [0, 0.1) is 6.92 Å². The van der Waals surface area contributed by atoms with Crippen LogP contribution in [0.2, 0.25) is 0 Å². The number of carbonyl (C=O) groups is 1. The number of allylic oxidation sites excluding steroid dienone is 1. The number of benzene rings is 1. The summed E-state index contributed by atoms with van der Waals surface area (Å²) in [6, 6.07) is 5.27. The molecule has 0 N–H and O–H groups in total. The van der Waals surface area contributed by atoms with Gasteiger partial charge in [0.1, 0.15) is 0 Å². The Labute approximate surface area is 95.8 Å². The van der Waals surface area contributed by atoms with Gasteiger partial charge in [-0.2, -0.15) is 0 Å². The minimum atomic E-state index is -1.13. The van der Waals surface area contributed by atoms with E-state index in [0.29, 0.717) is 5.56 Å². The predicted octanol–water partition coefficient (Wildman–Crippen LogP) is -1.60. The first kappa shape index (κ1) is 13.0. The SMILES string of the molecule is CC=Cc1ccc(C)cc1C(=O)[O-].[Li+]. The number of carbonyl (C=O) groups excluding carboxylic acids is 1. The van der Waals surface area contributed by atoms with E-state index in [9.17, 15) is 9.90 Å². The van der Waals surface area contributed by atoms with Gasteiger partial charge in [0.2, 0.25) is 0 Å². The average Bonchev–Trinajstić information content (AvgIpc) is 2.08. The molecule has 0 aliphatic rings. The zero-order valence-electron chi connectivity index (χ0n) is 8.70. The normalized spacial score (nSPS) is 9.86. The molecule has 0 heterocycles. The second-order valence-corrected chi connectivity index (χ2v) is 2.88. The fourth-order valence-electron chi connectivity index (χ4n) is 1.17. The maximum absolute atomic E-state index is 10.7. The van der Waals surface area contributed by atoms with Gasteiger partial charge in [-0.1, -0.05) is 29.8 Å². The van der Waals surface area contributed by atoms with E-state index >= 15 is 0 Å². The summed E-state index contributed by atoms with van der Waals surface area (Å²) in [6.45, 7) is 3.70. The van der Waals surface area contributed by atoms with Crippen LogP contribution in [-0.2, 0) is 0 Å². The molecule has 0 fully saturated rings. The monoisotopic (exact) mass is 182 g/mol. The van der Waals surface area contributed by atoms with E-state index in [1.807, 2.05) is 19.9 Å². The number of carboxylic acids is 1. The Morgan fingerprint density at radius 1 is 1.43 bits per heavy atom. The molecule has 3 heteroatoms. The van der Waals surface area contributed by atoms with E-state index in [4.69, 9.17) is 0 Å². The molecule has 0 aromatic heterocycles. The Morgan fingerprint density at radius 2 is 2.07 bits per heavy atom. The van der Waals surface area contributed by atoms with Crippen molar-refractivity contribution < 1.29 is 28.8 Å². The molecule has 0 bridgehead atoms. The molecule has 14 heavy (non-hydrogen) atoms. The van der Waals surface area contributed by atoms with Crippen molar-refractivity contribution in [1.29, 1.82) is 0 Å². The van der Waals surface area contributed by atoms with Crippen LogP contribution in [0.5, 0.6) is 0 Å². The third-order valence-electron chi connectivity index (χ3n) is 1.77. The van der Waals surface area contributed by atoms with Crippen molar-refractivity contribution in [3.05, 3.63) is 41.0 Å². The van der Waals surface area contributed by atoms with Crippen molar-refractivity contribution in [3.8, 4) is 0 Å². The topological polar surface area (TPSA) is 40.1 Å². The molecule has 0 unspecified atom stereocenters. The van der Waals surface area contributed by atoms with Crippen LogP contribution in [0.25, 0.3) is 6.08 Å². The molecule has 0 atom stereocenters. The molecule has 0 saturated carbocycles. The number of aromatic carboxylic acids is 1. The van der Waals surface area contributed by atoms with Gasteiger partial charge in [-0.25, -0.2) is 0 Å². The van der Waals surface area contributed by atoms with Crippen LogP contribution < -0.4 is 24.0 Å². The van der Waals surface area contributed by atoms with Gasteiger partial charge in [-0.05, 0) is 25.5 Å². The number of hydrogen-bond donors (Lipinski definition) is 0. The summed E-state index contributed by atoms with van der Waals surface area (Å²) in [6.07, 6.45) is 3.56. The zero-order valence-corrected chi connectivity index (χ0v) is 8.70. The quantitative estimate of drug-likeness (QED) is 0.516. The van der Waals surface area contributed by atoms with Gasteiger partial charge in [0.25, 0.3) is 0 Å². The molecule has 0 aliphatic heterocycles. The van der Waals surface area contributed by atoms with Crippen LogP contribution >= 0.6 is 0 Å². The van der Waals surface area contributed by atoms with Crippen LogP contribution in [0.15, 0.2) is 24.3 Å². The Kier molecular flexibility index (Phi) is 5.30. The minimum absolute atomic E-state index is 0. The van der Waals surface area contributed by atoms with E-state index < -0.39 is 5.97 Å². The first-order valence-electron chi connectivity index (χ1n) is 4.10. The van der Waals surface area contributed by atoms with E-state index in [1.54, 1.807) is 24.3 Å². The summed E-state index contributed by atoms with van der Waals surface area (Å²) in [7, 11) is 0. The van der Waals surface area contributed by atoms with Gasteiger partial charge in [-0.3, -0.25) is 0 Å². The van der Waals surface area contributed by atoms with E-state index in [-0.39, 0.29) is 24.4 Å². The molecule has 68 valence electrons. The van der Waals surface area contributed by atoms with Gasteiger partial charge >= 0.3 is 18.9 Å². The van der Waals surface area contributed by atoms with Crippen molar-refractivity contribution in [2.75, 3.05) is 0 Å². The maximum atomic E-state index is 10.7. The Balaban J connectivity index is 0.00000169.